The molecule has 0 aliphatic carbocycles. The van der Waals surface area contributed by atoms with Crippen molar-refractivity contribution < 1.29 is 4.74 Å². The molecular weight excluding hydrogens is 286 g/mol. The zero-order chi connectivity index (χ0) is 14.8. The van der Waals surface area contributed by atoms with E-state index in [0.29, 0.717) is 17.9 Å². The summed E-state index contributed by atoms with van der Waals surface area (Å²) < 4.78 is 5.20. The maximum absolute atomic E-state index is 5.20. The molecular formula is C14H19N5OS. The van der Waals surface area contributed by atoms with Crippen LogP contribution in [0.25, 0.3) is 0 Å². The number of nitrogens with zero attached hydrogens (tertiary/aromatic N) is 4. The summed E-state index contributed by atoms with van der Waals surface area (Å²) in [5, 5.41) is 5.28. The van der Waals surface area contributed by atoms with Gasteiger partial charge in [0.2, 0.25) is 11.9 Å². The number of rotatable bonds is 4. The van der Waals surface area contributed by atoms with Gasteiger partial charge >= 0.3 is 6.01 Å². The first-order valence-electron chi connectivity index (χ1n) is 7.09. The van der Waals surface area contributed by atoms with E-state index >= 15 is 0 Å². The summed E-state index contributed by atoms with van der Waals surface area (Å²) in [4.78, 5) is 16.8. The summed E-state index contributed by atoms with van der Waals surface area (Å²) in [7, 11) is 1.57. The molecule has 7 heteroatoms. The lowest BCUT2D eigenvalue weighted by molar-refractivity contribution is 0.378. The van der Waals surface area contributed by atoms with Gasteiger partial charge in [-0.15, -0.1) is 11.3 Å². The molecule has 0 fully saturated rings. The number of aromatic nitrogens is 3. The molecule has 112 valence electrons. The van der Waals surface area contributed by atoms with Crippen molar-refractivity contribution in [2.24, 2.45) is 0 Å². The van der Waals surface area contributed by atoms with E-state index in [1.807, 2.05) is 18.3 Å². The summed E-state index contributed by atoms with van der Waals surface area (Å²) >= 11 is 1.83. The van der Waals surface area contributed by atoms with Crippen LogP contribution in [0.4, 0.5) is 11.9 Å². The number of hydrogen-bond donors (Lipinski definition) is 1. The Balaban J connectivity index is 1.95. The van der Waals surface area contributed by atoms with Crippen molar-refractivity contribution in [1.29, 1.82) is 0 Å². The van der Waals surface area contributed by atoms with Gasteiger partial charge in [-0.3, -0.25) is 0 Å². The van der Waals surface area contributed by atoms with Crippen molar-refractivity contribution in [2.75, 3.05) is 30.4 Å². The van der Waals surface area contributed by atoms with Crippen LogP contribution in [0, 0.1) is 0 Å². The van der Waals surface area contributed by atoms with Crippen molar-refractivity contribution in [1.82, 2.24) is 15.0 Å². The van der Waals surface area contributed by atoms with Gasteiger partial charge in [0.25, 0.3) is 0 Å². The number of anilines is 2. The Morgan fingerprint density at radius 3 is 3.05 bits per heavy atom. The number of nitrogens with one attached hydrogen (secondary N) is 1. The lowest BCUT2D eigenvalue weighted by Gasteiger charge is -2.33. The molecule has 0 radical (unpaired) electrons. The molecule has 21 heavy (non-hydrogen) atoms. The Bertz CT molecular complexity index is 630. The van der Waals surface area contributed by atoms with Crippen LogP contribution in [0.1, 0.15) is 30.3 Å². The van der Waals surface area contributed by atoms with E-state index in [4.69, 9.17) is 4.74 Å². The van der Waals surface area contributed by atoms with Crippen LogP contribution in [-0.4, -0.2) is 35.2 Å². The molecule has 1 atom stereocenters. The van der Waals surface area contributed by atoms with Gasteiger partial charge in [-0.1, -0.05) is 0 Å². The minimum Gasteiger partial charge on any atom is -0.467 e. The molecule has 6 nitrogen and oxygen atoms in total. The zero-order valence-corrected chi connectivity index (χ0v) is 13.3. The first-order valence-corrected chi connectivity index (χ1v) is 7.97. The van der Waals surface area contributed by atoms with Crippen molar-refractivity contribution in [2.45, 2.75) is 26.3 Å². The second-order valence-corrected chi connectivity index (χ2v) is 5.90. The van der Waals surface area contributed by atoms with E-state index in [9.17, 15) is 0 Å². The van der Waals surface area contributed by atoms with Crippen molar-refractivity contribution in [3.63, 3.8) is 0 Å². The first kappa shape index (κ1) is 14.1. The maximum Gasteiger partial charge on any atom is 0.322 e. The number of methoxy groups -OCH3 is 1. The Morgan fingerprint density at radius 1 is 1.43 bits per heavy atom. The molecule has 3 rings (SSSR count). The molecule has 2 aromatic heterocycles. The van der Waals surface area contributed by atoms with Crippen LogP contribution in [0.3, 0.4) is 0 Å². The largest absolute Gasteiger partial charge is 0.467 e. The van der Waals surface area contributed by atoms with E-state index in [0.717, 1.165) is 19.5 Å². The maximum atomic E-state index is 5.20. The van der Waals surface area contributed by atoms with E-state index in [-0.39, 0.29) is 6.04 Å². The van der Waals surface area contributed by atoms with Gasteiger partial charge in [-0.25, -0.2) is 0 Å². The van der Waals surface area contributed by atoms with Gasteiger partial charge in [0.15, 0.2) is 0 Å². The van der Waals surface area contributed by atoms with Gasteiger partial charge in [0.05, 0.1) is 13.2 Å². The Morgan fingerprint density at radius 2 is 2.29 bits per heavy atom. The number of ether oxygens (including phenoxy) is 1. The van der Waals surface area contributed by atoms with Gasteiger partial charge in [-0.2, -0.15) is 15.0 Å². The van der Waals surface area contributed by atoms with Crippen LogP contribution in [0.2, 0.25) is 0 Å². The predicted octanol–water partition coefficient (Wildman–Crippen LogP) is 2.50. The molecule has 3 heterocycles. The molecule has 0 bridgehead atoms. The summed E-state index contributed by atoms with van der Waals surface area (Å²) in [5.74, 6) is 1.23. The Labute approximate surface area is 128 Å². The molecule has 1 unspecified atom stereocenters. The third-order valence-corrected chi connectivity index (χ3v) is 4.65. The van der Waals surface area contributed by atoms with Gasteiger partial charge in [0, 0.05) is 18.0 Å². The molecule has 1 N–H and O–H groups in total. The van der Waals surface area contributed by atoms with Crippen LogP contribution < -0.4 is 15.0 Å². The predicted molar refractivity (Wildman–Crippen MR) is 84.3 cm³/mol. The summed E-state index contributed by atoms with van der Waals surface area (Å²) in [6.07, 6.45) is 1.03. The van der Waals surface area contributed by atoms with Crippen molar-refractivity contribution >= 4 is 23.2 Å². The van der Waals surface area contributed by atoms with Gasteiger partial charge in [0.1, 0.15) is 0 Å². The smallest absolute Gasteiger partial charge is 0.322 e. The Kier molecular flexibility index (Phi) is 3.92. The second-order valence-electron chi connectivity index (χ2n) is 4.89. The monoisotopic (exact) mass is 305 g/mol. The van der Waals surface area contributed by atoms with Gasteiger partial charge in [-0.05, 0) is 37.3 Å². The normalized spacial score (nSPS) is 17.5. The highest BCUT2D eigenvalue weighted by Crippen LogP contribution is 2.35. The molecule has 0 amide bonds. The number of thiophene rings is 1. The van der Waals surface area contributed by atoms with E-state index in [1.165, 1.54) is 10.4 Å². The summed E-state index contributed by atoms with van der Waals surface area (Å²) in [6, 6.07) is 2.81. The number of fused-ring (bicyclic) bond motifs is 1. The SMILES string of the molecule is CCNc1nc(OC)nc(N2CCc3sccc3C2C)n1. The Hall–Kier alpha value is -1.89. The molecule has 0 spiro atoms. The third-order valence-electron chi connectivity index (χ3n) is 3.65. The number of hydrogen-bond acceptors (Lipinski definition) is 7. The fraction of sp³-hybridized carbons (Fsp3) is 0.500. The summed E-state index contributed by atoms with van der Waals surface area (Å²) in [6.45, 7) is 5.87. The molecule has 2 aromatic rings. The highest BCUT2D eigenvalue weighted by molar-refractivity contribution is 7.10. The molecule has 1 aliphatic rings. The highest BCUT2D eigenvalue weighted by Gasteiger charge is 2.27. The first-order chi connectivity index (χ1) is 10.2. The lowest BCUT2D eigenvalue weighted by Crippen LogP contribution is -2.34. The molecule has 1 aliphatic heterocycles. The molecule has 0 saturated heterocycles. The average molecular weight is 305 g/mol. The highest BCUT2D eigenvalue weighted by atomic mass is 32.1. The third kappa shape index (κ3) is 2.65. The van der Waals surface area contributed by atoms with Crippen LogP contribution in [0.5, 0.6) is 6.01 Å². The van der Waals surface area contributed by atoms with Crippen LogP contribution in [-0.2, 0) is 6.42 Å². The van der Waals surface area contributed by atoms with E-state index in [2.05, 4.69) is 43.5 Å². The quantitative estimate of drug-likeness (QED) is 0.936. The van der Waals surface area contributed by atoms with E-state index in [1.54, 1.807) is 7.11 Å². The fourth-order valence-corrected chi connectivity index (χ4v) is 3.55. The van der Waals surface area contributed by atoms with Crippen molar-refractivity contribution in [3.8, 4) is 6.01 Å². The standard InChI is InChI=1S/C14H19N5OS/c1-4-15-12-16-13(18-14(17-12)20-3)19-7-5-11-10(9(19)2)6-8-21-11/h6,8-9H,4-5,7H2,1-3H3,(H,15,16,17,18). The molecule has 0 aromatic carbocycles. The average Bonchev–Trinajstić information content (AvgIpc) is 2.97. The second kappa shape index (κ2) is 5.85. The lowest BCUT2D eigenvalue weighted by atomic mass is 10.0. The molecule has 0 saturated carbocycles. The minimum absolute atomic E-state index is 0.265. The van der Waals surface area contributed by atoms with Crippen LogP contribution >= 0.6 is 11.3 Å². The summed E-state index contributed by atoms with van der Waals surface area (Å²) in [5.41, 5.74) is 1.37. The zero-order valence-electron chi connectivity index (χ0n) is 12.5. The van der Waals surface area contributed by atoms with Gasteiger partial charge < -0.3 is 15.0 Å². The van der Waals surface area contributed by atoms with Crippen molar-refractivity contribution in [3.05, 3.63) is 21.9 Å². The topological polar surface area (TPSA) is 63.2 Å². The van der Waals surface area contributed by atoms with Crippen LogP contribution in [0.15, 0.2) is 11.4 Å². The van der Waals surface area contributed by atoms with E-state index < -0.39 is 0 Å². The fourth-order valence-electron chi connectivity index (χ4n) is 2.59. The minimum atomic E-state index is 0.265.